The Kier molecular flexibility index (Phi) is 6.50. The summed E-state index contributed by atoms with van der Waals surface area (Å²) in [6.07, 6.45) is 8.72. The van der Waals surface area contributed by atoms with E-state index in [4.69, 9.17) is 5.73 Å². The molecule has 1 aliphatic rings. The van der Waals surface area contributed by atoms with E-state index in [-0.39, 0.29) is 28.9 Å². The smallest absolute Gasteiger partial charge is 0.261 e. The summed E-state index contributed by atoms with van der Waals surface area (Å²) in [6.45, 7) is 6.10. The van der Waals surface area contributed by atoms with Crippen molar-refractivity contribution in [2.45, 2.75) is 58.0 Å². The molecule has 34 heavy (non-hydrogen) atoms. The fourth-order valence-electron chi connectivity index (χ4n) is 4.72. The zero-order chi connectivity index (χ0) is 24.3. The van der Waals surface area contributed by atoms with Crippen molar-refractivity contribution in [2.75, 3.05) is 5.32 Å². The maximum atomic E-state index is 12.7. The van der Waals surface area contributed by atoms with Crippen LogP contribution in [0.5, 0.6) is 0 Å². The molecule has 0 spiro atoms. The average molecular weight is 459 g/mol. The molecular weight excluding hydrogens is 428 g/mol. The van der Waals surface area contributed by atoms with Gasteiger partial charge in [-0.3, -0.25) is 4.79 Å². The van der Waals surface area contributed by atoms with Crippen molar-refractivity contribution in [2.24, 2.45) is 16.6 Å². The number of rotatable bonds is 6. The van der Waals surface area contributed by atoms with Crippen molar-refractivity contribution >= 4 is 17.2 Å². The molecule has 0 saturated heterocycles. The fraction of sp³-hybridized carbons (Fsp3) is 0.400. The molecule has 1 fully saturated rings. The third kappa shape index (κ3) is 4.57. The summed E-state index contributed by atoms with van der Waals surface area (Å²) >= 11 is 0. The van der Waals surface area contributed by atoms with Crippen LogP contribution in [0.4, 0.5) is 11.4 Å². The van der Waals surface area contributed by atoms with E-state index in [1.807, 2.05) is 39.0 Å². The van der Waals surface area contributed by atoms with Gasteiger partial charge in [-0.05, 0) is 62.9 Å². The minimum absolute atomic E-state index is 0.0215. The molecule has 2 atom stereocenters. The first kappa shape index (κ1) is 23.2. The van der Waals surface area contributed by atoms with Crippen LogP contribution < -0.4 is 16.6 Å². The lowest BCUT2D eigenvalue weighted by atomic mass is 9.85. The number of aromatic amines is 1. The quantitative estimate of drug-likeness (QED) is 0.381. The molecule has 1 aromatic carbocycles. The monoisotopic (exact) mass is 458 g/mol. The lowest BCUT2D eigenvalue weighted by molar-refractivity contribution is 0.342. The number of hydrogen-bond donors (Lipinski definition) is 3. The number of hydrogen-bond acceptors (Lipinski definition) is 6. The van der Waals surface area contributed by atoms with Crippen LogP contribution in [0.25, 0.3) is 0 Å². The number of nitrogens with zero attached hydrogens (tertiary/aromatic N) is 5. The second kappa shape index (κ2) is 9.51. The van der Waals surface area contributed by atoms with Gasteiger partial charge >= 0.3 is 0 Å². The molecule has 9 nitrogen and oxygen atoms in total. The number of nitrogens with two attached hydrogens (primary N) is 1. The minimum Gasteiger partial charge on any atom is -0.383 e. The predicted octanol–water partition coefficient (Wildman–Crippen LogP) is 3.59. The zero-order valence-corrected chi connectivity index (χ0v) is 19.7. The highest BCUT2D eigenvalue weighted by Gasteiger charge is 2.27. The Balaban J connectivity index is 1.65. The normalized spacial score (nSPS) is 18.9. The molecule has 4 N–H and O–H groups in total. The summed E-state index contributed by atoms with van der Waals surface area (Å²) in [5.41, 5.74) is 9.18. The van der Waals surface area contributed by atoms with E-state index in [2.05, 4.69) is 31.6 Å². The number of aromatic nitrogens is 4. The fourth-order valence-corrected chi connectivity index (χ4v) is 4.72. The third-order valence-electron chi connectivity index (χ3n) is 6.53. The molecule has 2 aromatic heterocycles. The van der Waals surface area contributed by atoms with Crippen LogP contribution in [0.3, 0.4) is 0 Å². The van der Waals surface area contributed by atoms with E-state index in [1.165, 1.54) is 0 Å². The van der Waals surface area contributed by atoms with Gasteiger partial charge in [0.2, 0.25) is 0 Å². The topological polar surface area (TPSA) is 138 Å². The molecular formula is C25H30N8O. The Hall–Kier alpha value is -3.93. The first-order valence-electron chi connectivity index (χ1n) is 11.5. The summed E-state index contributed by atoms with van der Waals surface area (Å²) in [6, 6.07) is 9.94. The van der Waals surface area contributed by atoms with E-state index in [0.717, 1.165) is 36.8 Å². The second-order valence-electron chi connectivity index (χ2n) is 9.24. The first-order valence-corrected chi connectivity index (χ1v) is 11.5. The minimum atomic E-state index is -0.438. The van der Waals surface area contributed by atoms with Gasteiger partial charge in [-0.15, -0.1) is 0 Å². The van der Waals surface area contributed by atoms with Crippen molar-refractivity contribution in [3.63, 3.8) is 0 Å². The Bertz CT molecular complexity index is 1280. The largest absolute Gasteiger partial charge is 0.383 e. The van der Waals surface area contributed by atoms with Crippen molar-refractivity contribution in [3.8, 4) is 6.07 Å². The summed E-state index contributed by atoms with van der Waals surface area (Å²) in [5, 5.41) is 21.5. The van der Waals surface area contributed by atoms with Crippen LogP contribution in [0.15, 0.2) is 52.6 Å². The Morgan fingerprint density at radius 2 is 2.00 bits per heavy atom. The highest BCUT2D eigenvalue weighted by atomic mass is 16.1. The van der Waals surface area contributed by atoms with Gasteiger partial charge < -0.3 is 16.0 Å². The summed E-state index contributed by atoms with van der Waals surface area (Å²) in [5.74, 6) is 0.0238. The van der Waals surface area contributed by atoms with Gasteiger partial charge in [-0.2, -0.15) is 20.3 Å². The van der Waals surface area contributed by atoms with Crippen molar-refractivity contribution in [3.05, 3.63) is 69.9 Å². The number of benzene rings is 1. The summed E-state index contributed by atoms with van der Waals surface area (Å²) in [4.78, 5) is 21.6. The molecule has 3 aromatic rings. The number of aryl methyl sites for hydroxylation is 1. The van der Waals surface area contributed by atoms with Crippen LogP contribution >= 0.6 is 0 Å². The molecule has 0 radical (unpaired) electrons. The molecule has 9 heteroatoms. The van der Waals surface area contributed by atoms with Gasteiger partial charge in [0.15, 0.2) is 0 Å². The highest BCUT2D eigenvalue weighted by Crippen LogP contribution is 2.30. The summed E-state index contributed by atoms with van der Waals surface area (Å²) < 4.78 is 0. The molecule has 1 aliphatic carbocycles. The first-order chi connectivity index (χ1) is 16.3. The molecule has 0 aliphatic heterocycles. The van der Waals surface area contributed by atoms with Crippen molar-refractivity contribution in [1.82, 2.24) is 20.0 Å². The van der Waals surface area contributed by atoms with E-state index < -0.39 is 5.54 Å². The molecule has 0 amide bonds. The van der Waals surface area contributed by atoms with Crippen molar-refractivity contribution in [1.29, 1.82) is 5.26 Å². The molecule has 176 valence electrons. The highest BCUT2D eigenvalue weighted by molar-refractivity contribution is 6.03. The molecule has 2 heterocycles. The van der Waals surface area contributed by atoms with E-state index in [0.29, 0.717) is 11.4 Å². The van der Waals surface area contributed by atoms with E-state index in [1.54, 1.807) is 29.5 Å². The maximum Gasteiger partial charge on any atom is 0.261 e. The molecule has 0 bridgehead atoms. The van der Waals surface area contributed by atoms with Crippen LogP contribution in [0.2, 0.25) is 0 Å². The van der Waals surface area contributed by atoms with Crippen LogP contribution in [-0.2, 0) is 5.54 Å². The van der Waals surface area contributed by atoms with Crippen LogP contribution in [-0.4, -0.2) is 31.9 Å². The molecule has 1 unspecified atom stereocenters. The van der Waals surface area contributed by atoms with Crippen molar-refractivity contribution < 1.29 is 0 Å². The number of amidine groups is 1. The Morgan fingerprint density at radius 1 is 1.26 bits per heavy atom. The van der Waals surface area contributed by atoms with E-state index >= 15 is 0 Å². The number of anilines is 1. The summed E-state index contributed by atoms with van der Waals surface area (Å²) in [7, 11) is 0. The zero-order valence-electron chi connectivity index (χ0n) is 19.7. The number of nitriles is 1. The number of aliphatic imine (C=N–C) groups is 1. The molecule has 4 rings (SSSR count). The Morgan fingerprint density at radius 3 is 2.71 bits per heavy atom. The molecule has 1 saturated carbocycles. The second-order valence-corrected chi connectivity index (χ2v) is 9.24. The lowest BCUT2D eigenvalue weighted by Gasteiger charge is -2.29. The number of nitrogens with one attached hydrogen (secondary N) is 2. The van der Waals surface area contributed by atoms with Crippen LogP contribution in [0.1, 0.15) is 56.2 Å². The van der Waals surface area contributed by atoms with Gasteiger partial charge in [-0.25, -0.2) is 4.99 Å². The van der Waals surface area contributed by atoms with Gasteiger partial charge in [0, 0.05) is 12.2 Å². The van der Waals surface area contributed by atoms with E-state index in [9.17, 15) is 10.1 Å². The Labute approximate surface area is 198 Å². The predicted molar refractivity (Wildman–Crippen MR) is 132 cm³/mol. The maximum absolute atomic E-state index is 12.7. The number of H-pyrrole nitrogens is 1. The standard InChI is InChI=1S/C25H30N8O/c1-16-14-18(8-9-19(16)25(2,3)33-29-12-13-30-33)31-23(27)22-21(10-11-28-24(22)34)32-20-7-5-4-6-17(20)15-26/h8-14,17,20H,4-7H2,1-3H3,(H2,27,31)(H2,28,32,34)/t17?,20-/m0/s1. The van der Waals surface area contributed by atoms with Crippen LogP contribution in [0, 0.1) is 24.2 Å². The lowest BCUT2D eigenvalue weighted by Crippen LogP contribution is -2.34. The van der Waals surface area contributed by atoms with Gasteiger partial charge in [0.1, 0.15) is 16.9 Å². The van der Waals surface area contributed by atoms with Gasteiger partial charge in [0.25, 0.3) is 5.56 Å². The number of pyridine rings is 1. The third-order valence-corrected chi connectivity index (χ3v) is 6.53. The van der Waals surface area contributed by atoms with Gasteiger partial charge in [0.05, 0.1) is 35.8 Å². The SMILES string of the molecule is Cc1cc(N=C(N)c2c(N[C@H]3CCCCC3C#N)cc[nH]c2=O)ccc1C(C)(C)n1nccn1. The average Bonchev–Trinajstić information content (AvgIpc) is 3.35. The van der Waals surface area contributed by atoms with Gasteiger partial charge in [-0.1, -0.05) is 18.9 Å².